The molecule has 1 aliphatic heterocycles. The molecule has 4 atom stereocenters. The zero-order valence-corrected chi connectivity index (χ0v) is 17.0. The molecule has 1 saturated heterocycles. The Balaban J connectivity index is 2.81. The molecular weight excluding hydrogens is 400 g/mol. The lowest BCUT2D eigenvalue weighted by atomic mass is 10.0. The van der Waals surface area contributed by atoms with Crippen LogP contribution in [0.3, 0.4) is 0 Å². The van der Waals surface area contributed by atoms with Crippen molar-refractivity contribution in [2.45, 2.75) is 63.7 Å². The summed E-state index contributed by atoms with van der Waals surface area (Å²) in [6, 6.07) is -4.60. The number of aliphatic carboxylic acids is 2. The van der Waals surface area contributed by atoms with Crippen LogP contribution >= 0.6 is 0 Å². The molecule has 0 aromatic carbocycles. The van der Waals surface area contributed by atoms with Crippen LogP contribution in [0.1, 0.15) is 39.5 Å². The van der Waals surface area contributed by atoms with Gasteiger partial charge in [0.25, 0.3) is 0 Å². The maximum atomic E-state index is 12.5. The van der Waals surface area contributed by atoms with Crippen LogP contribution in [0.5, 0.6) is 0 Å². The van der Waals surface area contributed by atoms with Crippen LogP contribution in [0.25, 0.3) is 0 Å². The Morgan fingerprint density at radius 1 is 0.967 bits per heavy atom. The Hall–Kier alpha value is -2.73. The van der Waals surface area contributed by atoms with Crippen molar-refractivity contribution in [2.24, 2.45) is 5.92 Å². The molecule has 12 heteroatoms. The van der Waals surface area contributed by atoms with Crippen molar-refractivity contribution in [2.75, 3.05) is 13.2 Å². The van der Waals surface area contributed by atoms with Crippen LogP contribution in [-0.2, 0) is 24.0 Å². The zero-order chi connectivity index (χ0) is 22.8. The second kappa shape index (κ2) is 12.1. The van der Waals surface area contributed by atoms with Gasteiger partial charge in [0.1, 0.15) is 18.1 Å². The Bertz CT molecular complexity index is 648. The largest absolute Gasteiger partial charge is 0.481 e. The van der Waals surface area contributed by atoms with Gasteiger partial charge in [0.15, 0.2) is 0 Å². The molecule has 1 heterocycles. The van der Waals surface area contributed by atoms with Gasteiger partial charge in [-0.2, -0.15) is 0 Å². The van der Waals surface area contributed by atoms with Crippen molar-refractivity contribution < 1.29 is 39.3 Å². The van der Waals surface area contributed by atoms with Crippen molar-refractivity contribution in [3.05, 3.63) is 0 Å². The average Bonchev–Trinajstić information content (AvgIpc) is 3.18. The minimum atomic E-state index is -1.66. The molecule has 0 spiro atoms. The van der Waals surface area contributed by atoms with E-state index in [0.29, 0.717) is 13.0 Å². The number of carbonyl (C=O) groups is 5. The van der Waals surface area contributed by atoms with Crippen molar-refractivity contribution in [3.8, 4) is 0 Å². The Labute approximate surface area is 173 Å². The SMILES string of the molecule is CC(C)CC(NC(=O)C(CO)NC(=O)C1CCCN1)C(=O)NC(CC(=O)O)C(=O)O. The number of hydrogen-bond donors (Lipinski definition) is 7. The van der Waals surface area contributed by atoms with E-state index < -0.39 is 66.9 Å². The highest BCUT2D eigenvalue weighted by atomic mass is 16.4. The first-order valence-corrected chi connectivity index (χ1v) is 9.75. The summed E-state index contributed by atoms with van der Waals surface area (Å²) in [5.74, 6) is -5.13. The molecule has 0 bridgehead atoms. The summed E-state index contributed by atoms with van der Waals surface area (Å²) in [4.78, 5) is 59.2. The molecular formula is C18H30N4O8. The standard InChI is InChI=1S/C18H30N4O8/c1-9(2)6-11(16(27)21-12(18(29)30)7-14(24)25)20-17(28)13(8-23)22-15(26)10-4-3-5-19-10/h9-13,19,23H,3-8H2,1-2H3,(H,20,28)(H,21,27)(H,22,26)(H,24,25)(H,29,30). The Kier molecular flexibility index (Phi) is 10.2. The monoisotopic (exact) mass is 430 g/mol. The summed E-state index contributed by atoms with van der Waals surface area (Å²) in [6.07, 6.45) is 0.719. The Morgan fingerprint density at radius 3 is 2.03 bits per heavy atom. The summed E-state index contributed by atoms with van der Waals surface area (Å²) in [5, 5.41) is 37.3. The highest BCUT2D eigenvalue weighted by Gasteiger charge is 2.32. The normalized spacial score (nSPS) is 18.9. The van der Waals surface area contributed by atoms with E-state index in [9.17, 15) is 29.1 Å². The number of aliphatic hydroxyl groups is 1. The van der Waals surface area contributed by atoms with Crippen LogP contribution < -0.4 is 21.3 Å². The minimum Gasteiger partial charge on any atom is -0.481 e. The highest BCUT2D eigenvalue weighted by molar-refractivity contribution is 5.94. The molecule has 170 valence electrons. The molecule has 0 saturated carbocycles. The molecule has 1 aliphatic rings. The lowest BCUT2D eigenvalue weighted by molar-refractivity contribution is -0.147. The molecule has 7 N–H and O–H groups in total. The molecule has 0 aliphatic carbocycles. The van der Waals surface area contributed by atoms with Gasteiger partial charge in [0.05, 0.1) is 19.1 Å². The molecule has 12 nitrogen and oxygen atoms in total. The van der Waals surface area contributed by atoms with Crippen LogP contribution in [0.4, 0.5) is 0 Å². The number of carboxylic acids is 2. The molecule has 0 aromatic rings. The highest BCUT2D eigenvalue weighted by Crippen LogP contribution is 2.08. The van der Waals surface area contributed by atoms with E-state index in [1.807, 2.05) is 0 Å². The van der Waals surface area contributed by atoms with Gasteiger partial charge in [0, 0.05) is 0 Å². The second-order valence-electron chi connectivity index (χ2n) is 7.58. The fourth-order valence-corrected chi connectivity index (χ4v) is 3.00. The molecule has 3 amide bonds. The van der Waals surface area contributed by atoms with Crippen molar-refractivity contribution in [1.82, 2.24) is 21.3 Å². The van der Waals surface area contributed by atoms with Gasteiger partial charge < -0.3 is 36.6 Å². The van der Waals surface area contributed by atoms with Crippen molar-refractivity contribution in [1.29, 1.82) is 0 Å². The van der Waals surface area contributed by atoms with E-state index in [-0.39, 0.29) is 12.3 Å². The number of carboxylic acid groups (broad SMARTS) is 2. The molecule has 0 radical (unpaired) electrons. The maximum Gasteiger partial charge on any atom is 0.326 e. The summed E-state index contributed by atoms with van der Waals surface area (Å²) < 4.78 is 0. The van der Waals surface area contributed by atoms with Crippen molar-refractivity contribution in [3.63, 3.8) is 0 Å². The summed E-state index contributed by atoms with van der Waals surface area (Å²) in [6.45, 7) is 3.52. The molecule has 0 aromatic heterocycles. The molecule has 1 rings (SSSR count). The van der Waals surface area contributed by atoms with E-state index >= 15 is 0 Å². The molecule has 30 heavy (non-hydrogen) atoms. The van der Waals surface area contributed by atoms with Gasteiger partial charge in [-0.25, -0.2) is 4.79 Å². The number of aliphatic hydroxyl groups excluding tert-OH is 1. The Morgan fingerprint density at radius 2 is 1.57 bits per heavy atom. The minimum absolute atomic E-state index is 0.0753. The first-order valence-electron chi connectivity index (χ1n) is 9.75. The van der Waals surface area contributed by atoms with Crippen LogP contribution in [0.15, 0.2) is 0 Å². The second-order valence-corrected chi connectivity index (χ2v) is 7.58. The zero-order valence-electron chi connectivity index (χ0n) is 17.0. The topological polar surface area (TPSA) is 194 Å². The third-order valence-corrected chi connectivity index (χ3v) is 4.53. The van der Waals surface area contributed by atoms with E-state index in [1.54, 1.807) is 13.8 Å². The average molecular weight is 430 g/mol. The molecule has 1 fully saturated rings. The van der Waals surface area contributed by atoms with E-state index in [2.05, 4.69) is 21.3 Å². The number of rotatable bonds is 12. The van der Waals surface area contributed by atoms with Gasteiger partial charge in [-0.1, -0.05) is 13.8 Å². The van der Waals surface area contributed by atoms with Gasteiger partial charge in [-0.15, -0.1) is 0 Å². The van der Waals surface area contributed by atoms with Gasteiger partial charge in [-0.3, -0.25) is 19.2 Å². The van der Waals surface area contributed by atoms with Crippen LogP contribution in [-0.4, -0.2) is 82.3 Å². The van der Waals surface area contributed by atoms with Gasteiger partial charge >= 0.3 is 11.9 Å². The fourth-order valence-electron chi connectivity index (χ4n) is 3.00. The number of carbonyl (C=O) groups excluding carboxylic acids is 3. The summed E-state index contributed by atoms with van der Waals surface area (Å²) >= 11 is 0. The quantitative estimate of drug-likeness (QED) is 0.180. The number of hydrogen-bond acceptors (Lipinski definition) is 7. The van der Waals surface area contributed by atoms with Gasteiger partial charge in [0.2, 0.25) is 17.7 Å². The smallest absolute Gasteiger partial charge is 0.326 e. The van der Waals surface area contributed by atoms with Crippen LogP contribution in [0.2, 0.25) is 0 Å². The van der Waals surface area contributed by atoms with E-state index in [4.69, 9.17) is 10.2 Å². The summed E-state index contributed by atoms with van der Waals surface area (Å²) in [7, 11) is 0. The van der Waals surface area contributed by atoms with Gasteiger partial charge in [-0.05, 0) is 31.7 Å². The summed E-state index contributed by atoms with van der Waals surface area (Å²) in [5.41, 5.74) is 0. The number of nitrogens with one attached hydrogen (secondary N) is 4. The number of amides is 3. The van der Waals surface area contributed by atoms with E-state index in [1.165, 1.54) is 0 Å². The predicted molar refractivity (Wildman–Crippen MR) is 103 cm³/mol. The van der Waals surface area contributed by atoms with E-state index in [0.717, 1.165) is 6.42 Å². The predicted octanol–water partition coefficient (Wildman–Crippen LogP) is -2.21. The third kappa shape index (κ3) is 8.33. The van der Waals surface area contributed by atoms with Crippen molar-refractivity contribution >= 4 is 29.7 Å². The fraction of sp³-hybridized carbons (Fsp3) is 0.722. The lowest BCUT2D eigenvalue weighted by Gasteiger charge is -2.25. The lowest BCUT2D eigenvalue weighted by Crippen LogP contribution is -2.58. The first-order chi connectivity index (χ1) is 14.0. The maximum absolute atomic E-state index is 12.5. The third-order valence-electron chi connectivity index (χ3n) is 4.53. The molecule has 4 unspecified atom stereocenters. The first kappa shape index (κ1) is 25.3. The van der Waals surface area contributed by atoms with Crippen LogP contribution in [0, 0.1) is 5.92 Å².